The third-order valence-corrected chi connectivity index (χ3v) is 21.8. The molecule has 0 aliphatic carbocycles. The highest BCUT2D eigenvalue weighted by atomic mass is 127. The fraction of sp³-hybridized carbons (Fsp3) is 0.243. The van der Waals surface area contributed by atoms with Gasteiger partial charge in [0.15, 0.2) is 0 Å². The van der Waals surface area contributed by atoms with E-state index in [0.717, 1.165) is 115 Å². The first-order chi connectivity index (χ1) is 65.6. The van der Waals surface area contributed by atoms with Crippen molar-refractivity contribution in [2.45, 2.75) is 130 Å². The van der Waals surface area contributed by atoms with Crippen molar-refractivity contribution in [1.29, 1.82) is 0 Å². The van der Waals surface area contributed by atoms with E-state index in [1.807, 2.05) is 223 Å². The molecule has 0 fully saturated rings. The summed E-state index contributed by atoms with van der Waals surface area (Å²) in [5.41, 5.74) is 20.6. The summed E-state index contributed by atoms with van der Waals surface area (Å²) in [6.07, 6.45) is -5.22. The molecule has 12 rings (SSSR count). The number of ether oxygens (including phenoxy) is 12. The van der Waals surface area contributed by atoms with E-state index in [-0.39, 0.29) is 44.3 Å². The third-order valence-electron chi connectivity index (χ3n) is 19.7. The van der Waals surface area contributed by atoms with Gasteiger partial charge in [-0.25, -0.2) is 59.5 Å². The highest BCUT2D eigenvalue weighted by Crippen LogP contribution is 2.34. The third kappa shape index (κ3) is 37.3. The lowest BCUT2D eigenvalue weighted by Crippen LogP contribution is -2.15. The fourth-order valence-corrected chi connectivity index (χ4v) is 14.3. The van der Waals surface area contributed by atoms with E-state index >= 15 is 0 Å². The van der Waals surface area contributed by atoms with E-state index in [9.17, 15) is 59.5 Å². The van der Waals surface area contributed by atoms with E-state index in [0.29, 0.717) is 51.4 Å². The smallest absolute Gasteiger partial charge is 0.413 e. The number of carbonyl (C=O) groups excluding carboxylic acids is 6. The lowest BCUT2D eigenvalue weighted by molar-refractivity contribution is 0.110. The minimum absolute atomic E-state index is 0.0815. The SMILES string of the molecule is Cc1ccc(OCc2c(Br)cccc2NC(=O)OCF)c(C)c1.Cc1ccc(OCc2c(C)cccc2NC(=O)OCF)c(C)c1.Cc1ccc(OCc2c(Cl)cccc2NC(=O)OCF)c(C)c1.Cc1ccc(OCc2c(F)cccc2NC(=O)OCF)c(C)c1.Cc1ccc(OCc2c(I)cccc2NC(=O)OCF)c(C)c1.Cc1ccc(OCc2ccccc2NC(=O)OCF)c(C)c1. The molecule has 0 saturated carbocycles. The summed E-state index contributed by atoms with van der Waals surface area (Å²) in [4.78, 5) is 68.3. The number of aryl methyl sites for hydroxylation is 13. The van der Waals surface area contributed by atoms with Crippen molar-refractivity contribution in [3.8, 4) is 34.5 Å². The number of rotatable bonds is 30. The molecule has 0 bridgehead atoms. The van der Waals surface area contributed by atoms with Gasteiger partial charge in [-0.15, -0.1) is 0 Å². The number of anilines is 6. The minimum Gasteiger partial charge on any atom is -0.489 e. The van der Waals surface area contributed by atoms with Gasteiger partial charge in [-0.05, 0) is 249 Å². The number of benzene rings is 12. The highest BCUT2D eigenvalue weighted by Gasteiger charge is 2.20. The molecule has 0 atom stereocenters. The van der Waals surface area contributed by atoms with Crippen LogP contribution in [0.2, 0.25) is 5.02 Å². The molecule has 0 radical (unpaired) electrons. The molecule has 0 saturated heterocycles. The Labute approximate surface area is 818 Å². The molecule has 12 aromatic carbocycles. The summed E-state index contributed by atoms with van der Waals surface area (Å²) < 4.78 is 148. The van der Waals surface area contributed by atoms with Crippen LogP contribution in [0.1, 0.15) is 106 Å². The zero-order valence-corrected chi connectivity index (χ0v) is 82.0. The molecule has 0 heterocycles. The first-order valence-corrected chi connectivity index (χ1v) is 44.3. The van der Waals surface area contributed by atoms with E-state index in [1.54, 1.807) is 72.8 Å². The molecule has 137 heavy (non-hydrogen) atoms. The predicted octanol–water partition coefficient (Wildman–Crippen LogP) is 28.6. The van der Waals surface area contributed by atoms with Crippen LogP contribution >= 0.6 is 50.1 Å². The van der Waals surface area contributed by atoms with Gasteiger partial charge in [-0.2, -0.15) is 0 Å². The number of halogens is 10. The molecule has 0 aliphatic rings. The Kier molecular flexibility index (Phi) is 46.4. The lowest BCUT2D eigenvalue weighted by Gasteiger charge is -2.15. The molecule has 24 nitrogen and oxygen atoms in total. The second-order valence-electron chi connectivity index (χ2n) is 30.2. The van der Waals surface area contributed by atoms with E-state index in [2.05, 4.69) is 98.8 Å². The number of amides is 6. The zero-order chi connectivity index (χ0) is 100. The van der Waals surface area contributed by atoms with Crippen molar-refractivity contribution in [2.75, 3.05) is 73.1 Å². The molecule has 0 aliphatic heterocycles. The normalized spacial score (nSPS) is 10.2. The van der Waals surface area contributed by atoms with Crippen LogP contribution in [-0.2, 0) is 68.1 Å². The van der Waals surface area contributed by atoms with E-state index < -0.39 is 83.5 Å². The summed E-state index contributed by atoms with van der Waals surface area (Å²) in [6, 6.07) is 67.8. The Balaban J connectivity index is 0.000000224. The Morgan fingerprint density at radius 1 is 0.277 bits per heavy atom. The summed E-state index contributed by atoms with van der Waals surface area (Å²) >= 11 is 11.8. The van der Waals surface area contributed by atoms with E-state index in [1.165, 1.54) is 34.9 Å². The summed E-state index contributed by atoms with van der Waals surface area (Å²) in [5.74, 6) is 3.94. The van der Waals surface area contributed by atoms with Crippen LogP contribution < -0.4 is 60.3 Å². The van der Waals surface area contributed by atoms with Gasteiger partial charge in [0.1, 0.15) is 80.0 Å². The number of hydrogen-bond donors (Lipinski definition) is 6. The maximum absolute atomic E-state index is 14.0. The number of alkyl halides is 6. The minimum atomic E-state index is -1.25. The average Bonchev–Trinajstić information content (AvgIpc) is 0.811. The van der Waals surface area contributed by atoms with Crippen molar-refractivity contribution in [1.82, 2.24) is 0 Å². The van der Waals surface area contributed by atoms with Crippen LogP contribution in [0.3, 0.4) is 0 Å². The Morgan fingerprint density at radius 2 is 0.533 bits per heavy atom. The molecule has 6 N–H and O–H groups in total. The van der Waals surface area contributed by atoms with Gasteiger partial charge in [-0.1, -0.05) is 188 Å². The quantitative estimate of drug-likeness (QED) is 0.0139. The second kappa shape index (κ2) is 57.7. The molecular formula is C103H106BrClF7IN6O18. The van der Waals surface area contributed by atoms with E-state index in [4.69, 9.17) is 40.0 Å². The summed E-state index contributed by atoms with van der Waals surface area (Å²) in [5, 5.41) is 15.2. The van der Waals surface area contributed by atoms with Gasteiger partial charge in [0.2, 0.25) is 41.2 Å². The Bertz CT molecular complexity index is 5350. The summed E-state index contributed by atoms with van der Waals surface area (Å²) in [6.45, 7) is 19.8. The van der Waals surface area contributed by atoms with Gasteiger partial charge in [-0.3, -0.25) is 31.9 Å². The lowest BCUT2D eigenvalue weighted by atomic mass is 10.1. The molecule has 34 heteroatoms. The maximum Gasteiger partial charge on any atom is 0.413 e. The van der Waals surface area contributed by atoms with Crippen molar-refractivity contribution in [3.63, 3.8) is 0 Å². The number of hydrogen-bond acceptors (Lipinski definition) is 18. The number of nitrogens with one attached hydrogen (secondary N) is 6. The Hall–Kier alpha value is -13.9. The fourth-order valence-electron chi connectivity index (χ4n) is 12.9. The van der Waals surface area contributed by atoms with Crippen LogP contribution in [0.4, 0.5) is 93.6 Å². The van der Waals surface area contributed by atoms with Crippen molar-refractivity contribution >= 4 is 121 Å². The van der Waals surface area contributed by atoms with Crippen LogP contribution in [0.5, 0.6) is 34.5 Å². The van der Waals surface area contributed by atoms with Gasteiger partial charge < -0.3 is 56.8 Å². The van der Waals surface area contributed by atoms with Crippen LogP contribution in [-0.4, -0.2) is 77.7 Å². The monoisotopic (exact) mass is 2090 g/mol. The topological polar surface area (TPSA) is 285 Å². The number of carbonyl (C=O) groups is 6. The summed E-state index contributed by atoms with van der Waals surface area (Å²) in [7, 11) is 0. The predicted molar refractivity (Wildman–Crippen MR) is 527 cm³/mol. The number of para-hydroxylation sites is 1. The van der Waals surface area contributed by atoms with Gasteiger partial charge in [0, 0.05) is 46.4 Å². The molecular weight excluding hydrogens is 1980 g/mol. The van der Waals surface area contributed by atoms with Crippen molar-refractivity contribution in [2.24, 2.45) is 0 Å². The molecule has 0 spiro atoms. The second-order valence-corrected chi connectivity index (χ2v) is 32.6. The average molecular weight is 2090 g/mol. The van der Waals surface area contributed by atoms with Crippen LogP contribution in [0.15, 0.2) is 229 Å². The standard InChI is InChI=1S/C18H20FNO3.C17H17BrFNO3.C17H17ClFNO3.C17H17F2NO3.C17H17FINO3.C17H18FNO3/c1-12-7-8-17(14(3)9-12)22-10-15-13(2)5-4-6-16(15)20-18(21)23-11-19;2*1-11-6-7-16(12(2)8-11)22-9-13-14(18)4-3-5-15(13)20-17(21)23-10-19;2*1-11-6-7-16(12(2)8-11)22-9-13-14(19)4-3-5-15(13)20-17(21)23-10-18;1-12-7-8-16(13(2)9-12)21-10-14-5-3-4-6-15(14)19-17(20)22-11-18/h4-9H,10-11H2,1-3H3,(H,20,21);4*3-8H,9-10H2,1-2H3,(H,20,21);3-9H,10-11H2,1-2H3,(H,19,20). The van der Waals surface area contributed by atoms with Crippen LogP contribution in [0.25, 0.3) is 0 Å². The van der Waals surface area contributed by atoms with Gasteiger partial charge in [0.25, 0.3) is 0 Å². The first kappa shape index (κ1) is 110. The van der Waals surface area contributed by atoms with Gasteiger partial charge >= 0.3 is 36.6 Å². The first-order valence-electron chi connectivity index (χ1n) is 42.1. The maximum atomic E-state index is 14.0. The van der Waals surface area contributed by atoms with Gasteiger partial charge in [0.05, 0.1) is 34.1 Å². The largest absolute Gasteiger partial charge is 0.489 e. The molecule has 12 aromatic rings. The molecule has 6 amide bonds. The Morgan fingerprint density at radius 3 is 0.891 bits per heavy atom. The molecule has 726 valence electrons. The van der Waals surface area contributed by atoms with Crippen molar-refractivity contribution < 1.29 is 116 Å². The van der Waals surface area contributed by atoms with Crippen molar-refractivity contribution in [3.05, 3.63) is 349 Å². The molecule has 0 aromatic heterocycles. The van der Waals surface area contributed by atoms with Crippen LogP contribution in [0, 0.1) is 99.4 Å². The highest BCUT2D eigenvalue weighted by molar-refractivity contribution is 14.1. The molecule has 0 unspecified atom stereocenters. The zero-order valence-electron chi connectivity index (χ0n) is 77.5.